The van der Waals surface area contributed by atoms with Gasteiger partial charge < -0.3 is 14.4 Å². The van der Waals surface area contributed by atoms with Crippen LogP contribution in [0.1, 0.15) is 5.56 Å². The second kappa shape index (κ2) is 16.4. The number of fused-ring (bicyclic) bond motifs is 6. The van der Waals surface area contributed by atoms with Crippen LogP contribution < -0.4 is 9.80 Å². The first kappa shape index (κ1) is 38.8. The van der Waals surface area contributed by atoms with Crippen molar-refractivity contribution in [3.63, 3.8) is 0 Å². The minimum atomic E-state index is 0.924. The van der Waals surface area contributed by atoms with Crippen molar-refractivity contribution < 1.29 is 0 Å². The van der Waals surface area contributed by atoms with Gasteiger partial charge in [0.15, 0.2) is 0 Å². The number of pyridine rings is 2. The van der Waals surface area contributed by atoms with Crippen LogP contribution in [-0.4, -0.2) is 14.5 Å². The van der Waals surface area contributed by atoms with Crippen molar-refractivity contribution in [3.8, 4) is 27.9 Å². The molecule has 12 rings (SSSR count). The van der Waals surface area contributed by atoms with Crippen molar-refractivity contribution in [2.75, 3.05) is 9.80 Å². The molecule has 0 atom stereocenters. The standard InChI is InChI=1S/C61H43N5/c1-42-38-50(30-33-53(42)43-26-28-44(29-27-43)55-39-45-16-14-36-62-60(45)61-54(55)25-15-37-63-61)66-58-34-31-51(64(46-17-6-2-7-18-46)47-19-8-3-9-20-47)40-56(58)57-41-52(32-35-59(57)66)65(48-21-10-4-11-22-48)49-23-12-5-13-24-49/h2-41H,1H3. The molecule has 3 aromatic heterocycles. The van der Waals surface area contributed by atoms with Gasteiger partial charge in [-0.05, 0) is 150 Å². The summed E-state index contributed by atoms with van der Waals surface area (Å²) in [6, 6.07) is 82.7. The SMILES string of the molecule is Cc1cc(-n2c3ccc(N(c4ccccc4)c4ccccc4)cc3c3cc(N(c4ccccc4)c4ccccc4)ccc32)ccc1-c1ccc(-c2cc3cccnc3c3ncccc23)cc1. The lowest BCUT2D eigenvalue weighted by Gasteiger charge is -2.26. The fraction of sp³-hybridized carbons (Fsp3) is 0.0164. The maximum atomic E-state index is 4.74. The predicted octanol–water partition coefficient (Wildman–Crippen LogP) is 16.5. The Morgan fingerprint density at radius 1 is 0.348 bits per heavy atom. The molecule has 12 aromatic rings. The Balaban J connectivity index is 0.996. The van der Waals surface area contributed by atoms with E-state index in [2.05, 4.69) is 245 Å². The van der Waals surface area contributed by atoms with Gasteiger partial charge in [-0.15, -0.1) is 0 Å². The molecule has 0 aliphatic rings. The van der Waals surface area contributed by atoms with Gasteiger partial charge in [0.1, 0.15) is 0 Å². The Morgan fingerprint density at radius 3 is 1.32 bits per heavy atom. The van der Waals surface area contributed by atoms with Crippen molar-refractivity contribution in [1.29, 1.82) is 0 Å². The summed E-state index contributed by atoms with van der Waals surface area (Å²) in [4.78, 5) is 14.1. The molecule has 3 heterocycles. The minimum Gasteiger partial charge on any atom is -0.310 e. The average Bonchev–Trinajstić information content (AvgIpc) is 3.71. The molecule has 0 unspecified atom stereocenters. The molecule has 0 aliphatic heterocycles. The first-order valence-electron chi connectivity index (χ1n) is 22.4. The summed E-state index contributed by atoms with van der Waals surface area (Å²) in [5.41, 5.74) is 17.7. The van der Waals surface area contributed by atoms with Crippen LogP contribution >= 0.6 is 0 Å². The number of aryl methyl sites for hydroxylation is 1. The fourth-order valence-electron chi connectivity index (χ4n) is 9.71. The highest BCUT2D eigenvalue weighted by Gasteiger charge is 2.21. The van der Waals surface area contributed by atoms with Crippen LogP contribution in [0.3, 0.4) is 0 Å². The van der Waals surface area contributed by atoms with E-state index in [9.17, 15) is 0 Å². The largest absolute Gasteiger partial charge is 0.310 e. The summed E-state index contributed by atoms with van der Waals surface area (Å²) < 4.78 is 2.43. The van der Waals surface area contributed by atoms with Crippen LogP contribution in [0.25, 0.3) is 71.6 Å². The summed E-state index contributed by atoms with van der Waals surface area (Å²) in [5.74, 6) is 0. The lowest BCUT2D eigenvalue weighted by molar-refractivity contribution is 1.17. The molecule has 5 heteroatoms. The Kier molecular flexibility index (Phi) is 9.65. The number of para-hydroxylation sites is 4. The second-order valence-electron chi connectivity index (χ2n) is 16.7. The summed E-state index contributed by atoms with van der Waals surface area (Å²) in [7, 11) is 0. The van der Waals surface area contributed by atoms with Gasteiger partial charge in [-0.1, -0.05) is 115 Å². The molecule has 5 nitrogen and oxygen atoms in total. The van der Waals surface area contributed by atoms with Gasteiger partial charge in [-0.25, -0.2) is 0 Å². The number of rotatable bonds is 9. The number of hydrogen-bond donors (Lipinski definition) is 0. The van der Waals surface area contributed by atoms with E-state index in [0.717, 1.165) is 83.8 Å². The Bertz CT molecular complexity index is 3480. The molecule has 0 aliphatic carbocycles. The highest BCUT2D eigenvalue weighted by atomic mass is 15.1. The van der Waals surface area contributed by atoms with E-state index in [-0.39, 0.29) is 0 Å². The van der Waals surface area contributed by atoms with Gasteiger partial charge in [0.25, 0.3) is 0 Å². The zero-order chi connectivity index (χ0) is 44.0. The number of aromatic nitrogens is 3. The number of benzene rings is 9. The summed E-state index contributed by atoms with van der Waals surface area (Å²) in [6.07, 6.45) is 3.69. The third-order valence-electron chi connectivity index (χ3n) is 12.7. The normalized spacial score (nSPS) is 11.4. The zero-order valence-corrected chi connectivity index (χ0v) is 36.3. The third-order valence-corrected chi connectivity index (χ3v) is 12.7. The van der Waals surface area contributed by atoms with Gasteiger partial charge in [0.2, 0.25) is 0 Å². The monoisotopic (exact) mass is 845 g/mol. The van der Waals surface area contributed by atoms with Crippen LogP contribution in [0, 0.1) is 6.92 Å². The quantitative estimate of drug-likeness (QED) is 0.136. The maximum Gasteiger partial charge on any atom is 0.0970 e. The van der Waals surface area contributed by atoms with E-state index >= 15 is 0 Å². The number of nitrogens with zero attached hydrogens (tertiary/aromatic N) is 5. The van der Waals surface area contributed by atoms with Gasteiger partial charge >= 0.3 is 0 Å². The van der Waals surface area contributed by atoms with E-state index in [1.165, 1.54) is 27.5 Å². The molecule has 66 heavy (non-hydrogen) atoms. The first-order valence-corrected chi connectivity index (χ1v) is 22.4. The van der Waals surface area contributed by atoms with E-state index < -0.39 is 0 Å². The highest BCUT2D eigenvalue weighted by molar-refractivity contribution is 6.13. The molecule has 0 radical (unpaired) electrons. The Labute approximate surface area is 383 Å². The molecule has 0 saturated carbocycles. The maximum absolute atomic E-state index is 4.74. The van der Waals surface area contributed by atoms with Crippen molar-refractivity contribution in [2.45, 2.75) is 6.92 Å². The molecular formula is C61H43N5. The zero-order valence-electron chi connectivity index (χ0n) is 36.3. The summed E-state index contributed by atoms with van der Waals surface area (Å²) in [5, 5.41) is 4.53. The van der Waals surface area contributed by atoms with E-state index in [1.54, 1.807) is 0 Å². The third kappa shape index (κ3) is 6.82. The summed E-state index contributed by atoms with van der Waals surface area (Å²) in [6.45, 7) is 2.22. The fourth-order valence-corrected chi connectivity index (χ4v) is 9.71. The second-order valence-corrected chi connectivity index (χ2v) is 16.7. The van der Waals surface area contributed by atoms with Crippen molar-refractivity contribution in [3.05, 3.63) is 248 Å². The van der Waals surface area contributed by atoms with Crippen molar-refractivity contribution in [2.24, 2.45) is 0 Å². The molecule has 312 valence electrons. The molecule has 0 bridgehead atoms. The molecule has 0 spiro atoms. The molecule has 0 N–H and O–H groups in total. The average molecular weight is 846 g/mol. The van der Waals surface area contributed by atoms with E-state index in [1.807, 2.05) is 24.5 Å². The molecule has 0 saturated heterocycles. The lowest BCUT2D eigenvalue weighted by atomic mass is 9.94. The van der Waals surface area contributed by atoms with Crippen LogP contribution in [0.2, 0.25) is 0 Å². The first-order chi connectivity index (χ1) is 32.7. The topological polar surface area (TPSA) is 37.2 Å². The molecule has 0 fully saturated rings. The Hall–Kier alpha value is -8.80. The van der Waals surface area contributed by atoms with Gasteiger partial charge in [-0.2, -0.15) is 0 Å². The lowest BCUT2D eigenvalue weighted by Crippen LogP contribution is -2.09. The van der Waals surface area contributed by atoms with Crippen LogP contribution in [-0.2, 0) is 0 Å². The van der Waals surface area contributed by atoms with Crippen molar-refractivity contribution >= 4 is 77.7 Å². The molecule has 0 amide bonds. The number of anilines is 6. The van der Waals surface area contributed by atoms with Crippen LogP contribution in [0.5, 0.6) is 0 Å². The molecule has 9 aromatic carbocycles. The molecular weight excluding hydrogens is 803 g/mol. The van der Waals surface area contributed by atoms with Gasteiger partial charge in [0.05, 0.1) is 22.1 Å². The smallest absolute Gasteiger partial charge is 0.0970 e. The predicted molar refractivity (Wildman–Crippen MR) is 276 cm³/mol. The Morgan fingerprint density at radius 2 is 0.818 bits per heavy atom. The highest BCUT2D eigenvalue weighted by Crippen LogP contribution is 2.43. The van der Waals surface area contributed by atoms with Gasteiger partial charge in [0, 0.05) is 73.8 Å². The van der Waals surface area contributed by atoms with Crippen molar-refractivity contribution in [1.82, 2.24) is 14.5 Å². The van der Waals surface area contributed by atoms with Crippen LogP contribution in [0.4, 0.5) is 34.1 Å². The van der Waals surface area contributed by atoms with Gasteiger partial charge in [-0.3, -0.25) is 9.97 Å². The summed E-state index contributed by atoms with van der Waals surface area (Å²) >= 11 is 0. The number of hydrogen-bond acceptors (Lipinski definition) is 4. The minimum absolute atomic E-state index is 0.924. The van der Waals surface area contributed by atoms with E-state index in [4.69, 9.17) is 4.98 Å². The van der Waals surface area contributed by atoms with E-state index in [0.29, 0.717) is 0 Å². The van der Waals surface area contributed by atoms with Crippen LogP contribution in [0.15, 0.2) is 243 Å².